The summed E-state index contributed by atoms with van der Waals surface area (Å²) in [7, 11) is 0. The van der Waals surface area contributed by atoms with Crippen molar-refractivity contribution in [1.29, 1.82) is 0 Å². The van der Waals surface area contributed by atoms with Crippen molar-refractivity contribution >= 4 is 11.6 Å². The lowest BCUT2D eigenvalue weighted by atomic mass is 10.1. The molecule has 1 aliphatic heterocycles. The third-order valence-electron chi connectivity index (χ3n) is 3.37. The number of carbonyl (C=O) groups excluding carboxylic acids is 1. The molecule has 0 atom stereocenters. The SMILES string of the molecule is C/C(CCc1ccccc1)=N/NC(=O)CC1(C)OCCO1. The van der Waals surface area contributed by atoms with Gasteiger partial charge in [0, 0.05) is 5.71 Å². The molecule has 1 aromatic rings. The summed E-state index contributed by atoms with van der Waals surface area (Å²) in [6, 6.07) is 10.2. The van der Waals surface area contributed by atoms with Gasteiger partial charge in [-0.15, -0.1) is 0 Å². The number of benzene rings is 1. The summed E-state index contributed by atoms with van der Waals surface area (Å²) >= 11 is 0. The quantitative estimate of drug-likeness (QED) is 0.646. The van der Waals surface area contributed by atoms with Crippen LogP contribution in [0.25, 0.3) is 0 Å². The van der Waals surface area contributed by atoms with Crippen molar-refractivity contribution in [3.8, 4) is 0 Å². The van der Waals surface area contributed by atoms with Gasteiger partial charge >= 0.3 is 0 Å². The fraction of sp³-hybridized carbons (Fsp3) is 0.500. The first kappa shape index (κ1) is 15.7. The van der Waals surface area contributed by atoms with E-state index in [1.807, 2.05) is 25.1 Å². The third-order valence-corrected chi connectivity index (χ3v) is 3.37. The van der Waals surface area contributed by atoms with Crippen LogP contribution in [0, 0.1) is 0 Å². The number of hydrazone groups is 1. The van der Waals surface area contributed by atoms with Gasteiger partial charge in [0.05, 0.1) is 19.6 Å². The molecule has 1 heterocycles. The molecule has 1 N–H and O–H groups in total. The topological polar surface area (TPSA) is 59.9 Å². The van der Waals surface area contributed by atoms with Crippen LogP contribution in [0.3, 0.4) is 0 Å². The highest BCUT2D eigenvalue weighted by atomic mass is 16.7. The van der Waals surface area contributed by atoms with E-state index in [1.54, 1.807) is 6.92 Å². The highest BCUT2D eigenvalue weighted by Crippen LogP contribution is 2.22. The second kappa shape index (κ2) is 7.33. The van der Waals surface area contributed by atoms with E-state index in [-0.39, 0.29) is 12.3 Å². The van der Waals surface area contributed by atoms with E-state index in [0.29, 0.717) is 13.2 Å². The zero-order valence-corrected chi connectivity index (χ0v) is 12.6. The van der Waals surface area contributed by atoms with E-state index in [2.05, 4.69) is 22.7 Å². The fourth-order valence-electron chi connectivity index (χ4n) is 2.17. The van der Waals surface area contributed by atoms with Crippen molar-refractivity contribution in [2.45, 2.75) is 38.9 Å². The Morgan fingerprint density at radius 3 is 2.62 bits per heavy atom. The van der Waals surface area contributed by atoms with E-state index in [1.165, 1.54) is 5.56 Å². The normalized spacial score (nSPS) is 17.7. The second-order valence-electron chi connectivity index (χ2n) is 5.38. The molecule has 0 unspecified atom stereocenters. The molecule has 21 heavy (non-hydrogen) atoms. The molecule has 0 aromatic heterocycles. The standard InChI is InChI=1S/C16H22N2O3/c1-13(8-9-14-6-4-3-5-7-14)17-18-15(19)12-16(2)20-10-11-21-16/h3-7H,8-12H2,1-2H3,(H,18,19)/b17-13-. The van der Waals surface area contributed by atoms with Crippen molar-refractivity contribution < 1.29 is 14.3 Å². The molecule has 0 saturated carbocycles. The van der Waals surface area contributed by atoms with Crippen LogP contribution in [0.15, 0.2) is 35.4 Å². The zero-order chi connectivity index (χ0) is 15.1. The molecule has 1 aromatic carbocycles. The van der Waals surface area contributed by atoms with Crippen LogP contribution in [-0.2, 0) is 20.7 Å². The Morgan fingerprint density at radius 2 is 1.95 bits per heavy atom. The Morgan fingerprint density at radius 1 is 1.29 bits per heavy atom. The summed E-state index contributed by atoms with van der Waals surface area (Å²) in [6.07, 6.45) is 1.88. The smallest absolute Gasteiger partial charge is 0.245 e. The van der Waals surface area contributed by atoms with Crippen molar-refractivity contribution in [3.63, 3.8) is 0 Å². The van der Waals surface area contributed by atoms with Gasteiger partial charge in [-0.1, -0.05) is 30.3 Å². The van der Waals surface area contributed by atoms with Crippen molar-refractivity contribution in [2.75, 3.05) is 13.2 Å². The molecule has 1 saturated heterocycles. The Hall–Kier alpha value is -1.72. The van der Waals surface area contributed by atoms with Crippen molar-refractivity contribution in [3.05, 3.63) is 35.9 Å². The van der Waals surface area contributed by atoms with Gasteiger partial charge < -0.3 is 9.47 Å². The van der Waals surface area contributed by atoms with Crippen LogP contribution in [0.1, 0.15) is 32.3 Å². The van der Waals surface area contributed by atoms with Crippen LogP contribution in [0.5, 0.6) is 0 Å². The van der Waals surface area contributed by atoms with Crippen molar-refractivity contribution in [1.82, 2.24) is 5.43 Å². The van der Waals surface area contributed by atoms with Crippen LogP contribution in [-0.4, -0.2) is 30.6 Å². The van der Waals surface area contributed by atoms with E-state index < -0.39 is 5.79 Å². The Kier molecular flexibility index (Phi) is 5.47. The number of ether oxygens (including phenoxy) is 2. The Labute approximate surface area is 125 Å². The zero-order valence-electron chi connectivity index (χ0n) is 12.6. The molecule has 1 fully saturated rings. The number of amides is 1. The third kappa shape index (κ3) is 5.28. The van der Waals surface area contributed by atoms with Crippen LogP contribution < -0.4 is 5.43 Å². The van der Waals surface area contributed by atoms with E-state index >= 15 is 0 Å². The van der Waals surface area contributed by atoms with Gasteiger partial charge in [0.25, 0.3) is 0 Å². The highest BCUT2D eigenvalue weighted by molar-refractivity contribution is 5.84. The average Bonchev–Trinajstić information content (AvgIpc) is 2.90. The van der Waals surface area contributed by atoms with Gasteiger partial charge in [0.1, 0.15) is 0 Å². The number of rotatable bonds is 6. The lowest BCUT2D eigenvalue weighted by Gasteiger charge is -2.20. The molecule has 0 radical (unpaired) electrons. The number of hydrogen-bond acceptors (Lipinski definition) is 4. The van der Waals surface area contributed by atoms with Gasteiger partial charge in [-0.05, 0) is 32.3 Å². The monoisotopic (exact) mass is 290 g/mol. The van der Waals surface area contributed by atoms with Gasteiger partial charge in [-0.25, -0.2) is 5.43 Å². The number of nitrogens with zero attached hydrogens (tertiary/aromatic N) is 1. The predicted octanol–water partition coefficient (Wildman–Crippen LogP) is 2.26. The summed E-state index contributed by atoms with van der Waals surface area (Å²) in [5, 5.41) is 4.12. The van der Waals surface area contributed by atoms with Gasteiger partial charge in [0.15, 0.2) is 5.79 Å². The molecule has 114 valence electrons. The summed E-state index contributed by atoms with van der Waals surface area (Å²) in [4.78, 5) is 11.8. The molecule has 0 spiro atoms. The fourth-order valence-corrected chi connectivity index (χ4v) is 2.17. The maximum absolute atomic E-state index is 11.8. The summed E-state index contributed by atoms with van der Waals surface area (Å²) in [5.74, 6) is -1.00. The highest BCUT2D eigenvalue weighted by Gasteiger charge is 2.33. The maximum Gasteiger partial charge on any atom is 0.245 e. The molecule has 0 bridgehead atoms. The molecule has 1 aliphatic rings. The number of nitrogens with one attached hydrogen (secondary N) is 1. The first-order chi connectivity index (χ1) is 10.1. The lowest BCUT2D eigenvalue weighted by Crippen LogP contribution is -2.33. The summed E-state index contributed by atoms with van der Waals surface area (Å²) in [6.45, 7) is 4.74. The van der Waals surface area contributed by atoms with E-state index in [9.17, 15) is 4.79 Å². The largest absolute Gasteiger partial charge is 0.347 e. The van der Waals surface area contributed by atoms with Crippen LogP contribution in [0.2, 0.25) is 0 Å². The summed E-state index contributed by atoms with van der Waals surface area (Å²) < 4.78 is 10.8. The Bertz CT molecular complexity index is 494. The second-order valence-corrected chi connectivity index (χ2v) is 5.38. The predicted molar refractivity (Wildman–Crippen MR) is 80.9 cm³/mol. The molecule has 1 amide bonds. The van der Waals surface area contributed by atoms with Gasteiger partial charge in [-0.3, -0.25) is 4.79 Å². The minimum Gasteiger partial charge on any atom is -0.347 e. The van der Waals surface area contributed by atoms with Crippen molar-refractivity contribution in [2.24, 2.45) is 5.10 Å². The molecule has 5 heteroatoms. The van der Waals surface area contributed by atoms with Crippen LogP contribution >= 0.6 is 0 Å². The first-order valence-electron chi connectivity index (χ1n) is 7.21. The molecular weight excluding hydrogens is 268 g/mol. The molecule has 2 rings (SSSR count). The van der Waals surface area contributed by atoms with Crippen LogP contribution in [0.4, 0.5) is 0 Å². The summed E-state index contributed by atoms with van der Waals surface area (Å²) in [5.41, 5.74) is 4.72. The number of hydrogen-bond donors (Lipinski definition) is 1. The molecule has 5 nitrogen and oxygen atoms in total. The maximum atomic E-state index is 11.8. The van der Waals surface area contributed by atoms with Gasteiger partial charge in [0.2, 0.25) is 5.91 Å². The Balaban J connectivity index is 1.73. The van der Waals surface area contributed by atoms with Gasteiger partial charge in [-0.2, -0.15) is 5.10 Å². The molecular formula is C16H22N2O3. The number of aryl methyl sites for hydroxylation is 1. The molecule has 0 aliphatic carbocycles. The van der Waals surface area contributed by atoms with E-state index in [4.69, 9.17) is 9.47 Å². The average molecular weight is 290 g/mol. The first-order valence-corrected chi connectivity index (χ1v) is 7.21. The minimum atomic E-state index is -0.808. The lowest BCUT2D eigenvalue weighted by molar-refractivity contribution is -0.159. The number of carbonyl (C=O) groups is 1. The minimum absolute atomic E-state index is 0.155. The van der Waals surface area contributed by atoms with E-state index in [0.717, 1.165) is 18.6 Å².